The van der Waals surface area contributed by atoms with Crippen LogP contribution in [0.2, 0.25) is 5.02 Å². The number of hydrogen-bond acceptors (Lipinski definition) is 9. The quantitative estimate of drug-likeness (QED) is 0.238. The number of rotatable bonds is 8. The number of aromatic amines is 1. The van der Waals surface area contributed by atoms with E-state index in [0.717, 1.165) is 49.5 Å². The van der Waals surface area contributed by atoms with Crippen molar-refractivity contribution in [3.8, 4) is 17.3 Å². The van der Waals surface area contributed by atoms with Crippen molar-refractivity contribution >= 4 is 39.1 Å². The molecule has 7 rings (SSSR count). The summed E-state index contributed by atoms with van der Waals surface area (Å²) >= 11 is 6.55. The number of aromatic nitrogens is 6. The molecule has 5 heterocycles. The Morgan fingerprint density at radius 2 is 1.90 bits per heavy atom. The largest absolute Gasteiger partial charge is 0.461 e. The van der Waals surface area contributed by atoms with Gasteiger partial charge in [-0.2, -0.15) is 15.1 Å². The van der Waals surface area contributed by atoms with Gasteiger partial charge in [0.05, 0.1) is 17.5 Å². The van der Waals surface area contributed by atoms with Crippen molar-refractivity contribution in [1.29, 1.82) is 0 Å². The Bertz CT molecular complexity index is 1750. The van der Waals surface area contributed by atoms with Gasteiger partial charge >= 0.3 is 6.01 Å². The number of anilines is 1. The minimum atomic E-state index is -0.589. The first-order chi connectivity index (χ1) is 20.0. The van der Waals surface area contributed by atoms with Gasteiger partial charge in [-0.1, -0.05) is 41.9 Å². The van der Waals surface area contributed by atoms with Crippen molar-refractivity contribution in [2.75, 3.05) is 25.0 Å². The van der Waals surface area contributed by atoms with E-state index in [2.05, 4.69) is 40.3 Å². The van der Waals surface area contributed by atoms with E-state index < -0.39 is 5.82 Å². The average Bonchev–Trinajstić information content (AvgIpc) is 3.71. The number of aliphatic hydroxyl groups excluding tert-OH is 1. The molecule has 0 saturated carbocycles. The zero-order valence-electron chi connectivity index (χ0n) is 22.2. The molecule has 210 valence electrons. The van der Waals surface area contributed by atoms with Gasteiger partial charge in [-0.05, 0) is 50.2 Å². The number of hydrogen-bond donors (Lipinski definition) is 3. The van der Waals surface area contributed by atoms with Crippen molar-refractivity contribution in [2.45, 2.75) is 44.4 Å². The summed E-state index contributed by atoms with van der Waals surface area (Å²) in [6.45, 7) is 2.51. The molecule has 0 bridgehead atoms. The summed E-state index contributed by atoms with van der Waals surface area (Å²) in [6.07, 6.45) is 5.96. The number of benzene rings is 2. The molecule has 3 aromatic heterocycles. The molecule has 2 fully saturated rings. The molecule has 0 unspecified atom stereocenters. The van der Waals surface area contributed by atoms with Crippen LogP contribution in [0.1, 0.15) is 37.3 Å². The maximum atomic E-state index is 16.4. The molecule has 0 spiro atoms. The summed E-state index contributed by atoms with van der Waals surface area (Å²) in [5.74, 6) is 0.536. The molecule has 2 saturated heterocycles. The standard InChI is InChI=1S/C29H28ClFN8O2/c30-20-8-2-6-17-5-1-7-18(23(17)20)25-24(31)26-19(13-32-25)27(33-14-21-34-22(15-40)38-37-21)36-28(35-26)41-16-29-9-3-11-39(29)12-4-10-29/h1-2,5-8,13,40H,3-4,9-12,14-16H2,(H,33,35,36)(H,34,37,38). The minimum Gasteiger partial charge on any atom is -0.461 e. The summed E-state index contributed by atoms with van der Waals surface area (Å²) in [6, 6.07) is 11.3. The van der Waals surface area contributed by atoms with Gasteiger partial charge in [0, 0.05) is 22.2 Å². The van der Waals surface area contributed by atoms with Gasteiger partial charge < -0.3 is 15.2 Å². The summed E-state index contributed by atoms with van der Waals surface area (Å²) in [7, 11) is 0. The molecule has 41 heavy (non-hydrogen) atoms. The first-order valence-corrected chi connectivity index (χ1v) is 14.1. The molecule has 0 radical (unpaired) electrons. The second-order valence-corrected chi connectivity index (χ2v) is 11.0. The Kier molecular flexibility index (Phi) is 6.64. The third-order valence-electron chi connectivity index (χ3n) is 8.20. The van der Waals surface area contributed by atoms with Crippen molar-refractivity contribution < 1.29 is 14.2 Å². The van der Waals surface area contributed by atoms with Crippen molar-refractivity contribution in [1.82, 2.24) is 35.0 Å². The van der Waals surface area contributed by atoms with Crippen LogP contribution in [0, 0.1) is 5.82 Å². The lowest BCUT2D eigenvalue weighted by Crippen LogP contribution is -2.43. The van der Waals surface area contributed by atoms with Gasteiger partial charge in [-0.15, -0.1) is 0 Å². The van der Waals surface area contributed by atoms with Crippen molar-refractivity contribution in [3.63, 3.8) is 0 Å². The molecule has 10 nitrogen and oxygen atoms in total. The number of nitrogens with one attached hydrogen (secondary N) is 2. The predicted octanol–water partition coefficient (Wildman–Crippen LogP) is 4.87. The smallest absolute Gasteiger partial charge is 0.319 e. The lowest BCUT2D eigenvalue weighted by molar-refractivity contribution is 0.108. The topological polar surface area (TPSA) is 125 Å². The fourth-order valence-electron chi connectivity index (χ4n) is 6.23. The van der Waals surface area contributed by atoms with Crippen molar-refractivity contribution in [2.24, 2.45) is 0 Å². The molecule has 12 heteroatoms. The van der Waals surface area contributed by atoms with Crippen LogP contribution >= 0.6 is 11.6 Å². The Labute approximate surface area is 240 Å². The molecule has 3 N–H and O–H groups in total. The Hall–Kier alpha value is -3.93. The molecule has 0 amide bonds. The lowest BCUT2D eigenvalue weighted by atomic mass is 9.95. The van der Waals surface area contributed by atoms with Crippen LogP contribution in [0.3, 0.4) is 0 Å². The fourth-order valence-corrected chi connectivity index (χ4v) is 6.51. The number of ether oxygens (including phenoxy) is 1. The third-order valence-corrected chi connectivity index (χ3v) is 8.51. The number of halogens is 2. The maximum absolute atomic E-state index is 16.4. The minimum absolute atomic E-state index is 0.0197. The normalized spacial score (nSPS) is 16.5. The summed E-state index contributed by atoms with van der Waals surface area (Å²) < 4.78 is 22.6. The molecule has 0 atom stereocenters. The Balaban J connectivity index is 1.30. The predicted molar refractivity (Wildman–Crippen MR) is 153 cm³/mol. The molecular weight excluding hydrogens is 547 g/mol. The maximum Gasteiger partial charge on any atom is 0.319 e. The molecule has 2 aromatic carbocycles. The summed E-state index contributed by atoms with van der Waals surface area (Å²) in [5.41, 5.74) is 0.791. The zero-order valence-corrected chi connectivity index (χ0v) is 23.0. The molecule has 2 aliphatic rings. The van der Waals surface area contributed by atoms with Gasteiger partial charge in [0.2, 0.25) is 0 Å². The van der Waals surface area contributed by atoms with Crippen molar-refractivity contribution in [3.05, 3.63) is 65.1 Å². The number of fused-ring (bicyclic) bond motifs is 3. The Morgan fingerprint density at radius 3 is 2.68 bits per heavy atom. The highest BCUT2D eigenvalue weighted by Gasteiger charge is 2.45. The van der Waals surface area contributed by atoms with Crippen LogP contribution in [-0.2, 0) is 13.2 Å². The Morgan fingerprint density at radius 1 is 1.10 bits per heavy atom. The van der Waals surface area contributed by atoms with E-state index in [9.17, 15) is 5.11 Å². The van der Waals surface area contributed by atoms with E-state index in [1.54, 1.807) is 18.3 Å². The van der Waals surface area contributed by atoms with E-state index in [0.29, 0.717) is 34.2 Å². The SMILES string of the molecule is OCc1n[nH]c(CNc2nc(OCC34CCCN3CCC4)nc3c(F)c(-c4cccc5cccc(Cl)c45)ncc23)n1. The zero-order chi connectivity index (χ0) is 28.0. The van der Waals surface area contributed by atoms with Crippen LogP contribution in [-0.4, -0.2) is 65.4 Å². The van der Waals surface area contributed by atoms with Gasteiger partial charge in [-0.25, -0.2) is 9.37 Å². The van der Waals surface area contributed by atoms with E-state index in [1.165, 1.54) is 0 Å². The van der Waals surface area contributed by atoms with Gasteiger partial charge in [0.1, 0.15) is 36.1 Å². The first kappa shape index (κ1) is 26.0. The number of H-pyrrole nitrogens is 1. The average molecular weight is 575 g/mol. The number of nitrogens with zero attached hydrogens (tertiary/aromatic N) is 6. The van der Waals surface area contributed by atoms with E-state index in [1.807, 2.05) is 24.3 Å². The van der Waals surface area contributed by atoms with Crippen LogP contribution in [0.15, 0.2) is 42.6 Å². The molecular formula is C29H28ClFN8O2. The van der Waals surface area contributed by atoms with Crippen LogP contribution < -0.4 is 10.1 Å². The first-order valence-electron chi connectivity index (χ1n) is 13.7. The second kappa shape index (κ2) is 10.5. The number of aliphatic hydroxyl groups is 1. The highest BCUT2D eigenvalue weighted by molar-refractivity contribution is 6.36. The molecule has 5 aromatic rings. The number of pyridine rings is 1. The van der Waals surface area contributed by atoms with Crippen LogP contribution in [0.4, 0.5) is 10.2 Å². The highest BCUT2D eigenvalue weighted by Crippen LogP contribution is 2.40. The van der Waals surface area contributed by atoms with Gasteiger partial charge in [0.15, 0.2) is 11.6 Å². The van der Waals surface area contributed by atoms with E-state index in [-0.39, 0.29) is 41.7 Å². The van der Waals surface area contributed by atoms with E-state index in [4.69, 9.17) is 16.3 Å². The van der Waals surface area contributed by atoms with Crippen LogP contribution in [0.5, 0.6) is 6.01 Å². The van der Waals surface area contributed by atoms with Gasteiger partial charge in [-0.3, -0.25) is 15.0 Å². The monoisotopic (exact) mass is 574 g/mol. The summed E-state index contributed by atoms with van der Waals surface area (Å²) in [5, 5.41) is 21.7. The second-order valence-electron chi connectivity index (χ2n) is 10.6. The molecule has 0 aliphatic carbocycles. The third kappa shape index (κ3) is 4.63. The molecule has 2 aliphatic heterocycles. The lowest BCUT2D eigenvalue weighted by Gasteiger charge is -2.31. The highest BCUT2D eigenvalue weighted by atomic mass is 35.5. The van der Waals surface area contributed by atoms with Gasteiger partial charge in [0.25, 0.3) is 0 Å². The summed E-state index contributed by atoms with van der Waals surface area (Å²) in [4.78, 5) is 20.4. The van der Waals surface area contributed by atoms with Crippen LogP contribution in [0.25, 0.3) is 32.9 Å². The van der Waals surface area contributed by atoms with E-state index >= 15 is 4.39 Å². The fraction of sp³-hybridized carbons (Fsp3) is 0.345.